The number of nitrogens with zero attached hydrogens (tertiary/aromatic N) is 3. The fourth-order valence-corrected chi connectivity index (χ4v) is 4.79. The Kier molecular flexibility index (Phi) is 5.80. The number of sulfonamides is 1. The zero-order valence-corrected chi connectivity index (χ0v) is 17.2. The van der Waals surface area contributed by atoms with Gasteiger partial charge in [-0.05, 0) is 39.0 Å². The van der Waals surface area contributed by atoms with E-state index in [4.69, 9.17) is 9.88 Å². The van der Waals surface area contributed by atoms with E-state index in [-0.39, 0.29) is 28.8 Å². The molecule has 2 atom stereocenters. The molecule has 8 nitrogen and oxygen atoms in total. The third-order valence-corrected chi connectivity index (χ3v) is 6.30. The predicted octanol–water partition coefficient (Wildman–Crippen LogP) is 1.43. The number of morpholine rings is 1. The molecule has 1 fully saturated rings. The molecule has 1 aromatic heterocycles. The first kappa shape index (κ1) is 20.1. The van der Waals surface area contributed by atoms with Crippen molar-refractivity contribution in [1.82, 2.24) is 14.5 Å². The van der Waals surface area contributed by atoms with Gasteiger partial charge >= 0.3 is 0 Å². The quantitative estimate of drug-likeness (QED) is 0.745. The summed E-state index contributed by atoms with van der Waals surface area (Å²) >= 11 is 1.35. The average molecular weight is 413 g/mol. The van der Waals surface area contributed by atoms with Gasteiger partial charge in [0.1, 0.15) is 0 Å². The number of hydrogen-bond acceptors (Lipinski definition) is 6. The summed E-state index contributed by atoms with van der Waals surface area (Å²) in [4.78, 5) is 18.9. The van der Waals surface area contributed by atoms with Gasteiger partial charge < -0.3 is 14.2 Å². The number of fused-ring (bicyclic) bond motifs is 1. The van der Waals surface area contributed by atoms with Crippen LogP contribution >= 0.6 is 11.8 Å². The molecule has 1 aliphatic rings. The van der Waals surface area contributed by atoms with E-state index in [1.54, 1.807) is 6.07 Å². The summed E-state index contributed by atoms with van der Waals surface area (Å²) < 4.78 is 30.7. The first-order valence-electron chi connectivity index (χ1n) is 8.78. The van der Waals surface area contributed by atoms with Crippen molar-refractivity contribution in [2.75, 3.05) is 18.8 Å². The van der Waals surface area contributed by atoms with E-state index in [1.165, 1.54) is 23.9 Å². The Morgan fingerprint density at radius 3 is 2.59 bits per heavy atom. The second-order valence-electron chi connectivity index (χ2n) is 6.68. The van der Waals surface area contributed by atoms with E-state index in [0.717, 1.165) is 5.52 Å². The van der Waals surface area contributed by atoms with Crippen LogP contribution in [0.2, 0.25) is 0 Å². The normalized spacial score (nSPS) is 21.0. The molecule has 0 aliphatic carbocycles. The molecular weight excluding hydrogens is 388 g/mol. The van der Waals surface area contributed by atoms with Crippen molar-refractivity contribution >= 4 is 38.7 Å². The van der Waals surface area contributed by atoms with Crippen LogP contribution in [0.15, 0.2) is 28.3 Å². The van der Waals surface area contributed by atoms with Crippen LogP contribution in [0.1, 0.15) is 20.8 Å². The van der Waals surface area contributed by atoms with Gasteiger partial charge in [-0.25, -0.2) is 18.5 Å². The lowest BCUT2D eigenvalue weighted by atomic mass is 10.2. The number of aromatic nitrogens is 2. The van der Waals surface area contributed by atoms with Crippen LogP contribution in [-0.2, 0) is 26.1 Å². The largest absolute Gasteiger partial charge is 0.372 e. The first-order chi connectivity index (χ1) is 12.7. The minimum absolute atomic E-state index is 0.0274. The number of aryl methyl sites for hydroxylation is 1. The number of amides is 1. The van der Waals surface area contributed by atoms with Gasteiger partial charge in [0.15, 0.2) is 5.16 Å². The second-order valence-corrected chi connectivity index (χ2v) is 9.18. The molecule has 1 amide bonds. The fraction of sp³-hybridized carbons (Fsp3) is 0.529. The molecule has 1 aliphatic heterocycles. The van der Waals surface area contributed by atoms with Crippen molar-refractivity contribution < 1.29 is 17.9 Å². The van der Waals surface area contributed by atoms with Crippen LogP contribution in [0.25, 0.3) is 11.0 Å². The summed E-state index contributed by atoms with van der Waals surface area (Å²) in [7, 11) is -3.78. The molecule has 1 saturated heterocycles. The summed E-state index contributed by atoms with van der Waals surface area (Å²) in [5.41, 5.74) is 1.36. The van der Waals surface area contributed by atoms with Gasteiger partial charge in [-0.15, -0.1) is 0 Å². The Morgan fingerprint density at radius 1 is 1.33 bits per heavy atom. The standard InChI is InChI=1S/C17H24N4O4S2/c1-4-21-15-6-5-13(27(18,23)24)7-14(15)19-17(21)26-10-16(22)20-8-11(2)25-12(3)9-20/h5-7,11-12H,4,8-10H2,1-3H3,(H2,18,23,24)/t11-,12+. The van der Waals surface area contributed by atoms with Gasteiger partial charge in [0.25, 0.3) is 0 Å². The van der Waals surface area contributed by atoms with Gasteiger partial charge in [0.2, 0.25) is 15.9 Å². The topological polar surface area (TPSA) is 108 Å². The highest BCUT2D eigenvalue weighted by Gasteiger charge is 2.26. The molecule has 2 N–H and O–H groups in total. The van der Waals surface area contributed by atoms with Crippen LogP contribution in [0.3, 0.4) is 0 Å². The maximum absolute atomic E-state index is 12.6. The van der Waals surface area contributed by atoms with Crippen LogP contribution in [-0.4, -0.2) is 59.8 Å². The van der Waals surface area contributed by atoms with Gasteiger partial charge in [-0.1, -0.05) is 11.8 Å². The van der Waals surface area contributed by atoms with Crippen molar-refractivity contribution in [3.63, 3.8) is 0 Å². The maximum Gasteiger partial charge on any atom is 0.238 e. The molecule has 1 aromatic carbocycles. The summed E-state index contributed by atoms with van der Waals surface area (Å²) in [5, 5.41) is 5.88. The SMILES string of the molecule is CCn1c(SCC(=O)N2C[C@@H](C)O[C@@H](C)C2)nc2cc(S(N)(=O)=O)ccc21. The molecule has 0 radical (unpaired) electrons. The molecule has 0 spiro atoms. The molecular formula is C17H24N4O4S2. The van der Waals surface area contributed by atoms with E-state index in [0.29, 0.717) is 30.3 Å². The van der Waals surface area contributed by atoms with E-state index < -0.39 is 10.0 Å². The van der Waals surface area contributed by atoms with Crippen molar-refractivity contribution in [1.29, 1.82) is 0 Å². The average Bonchev–Trinajstić information content (AvgIpc) is 2.94. The number of rotatable bonds is 5. The molecule has 27 heavy (non-hydrogen) atoms. The predicted molar refractivity (Wildman–Crippen MR) is 104 cm³/mol. The van der Waals surface area contributed by atoms with Crippen LogP contribution in [0.5, 0.6) is 0 Å². The smallest absolute Gasteiger partial charge is 0.238 e. The monoisotopic (exact) mass is 412 g/mol. The van der Waals surface area contributed by atoms with Crippen molar-refractivity contribution in [3.05, 3.63) is 18.2 Å². The Labute approximate surface area is 163 Å². The number of imidazole rings is 1. The van der Waals surface area contributed by atoms with Gasteiger partial charge in [-0.3, -0.25) is 4.79 Å². The Hall–Kier alpha value is -1.62. The zero-order valence-electron chi connectivity index (χ0n) is 15.6. The minimum Gasteiger partial charge on any atom is -0.372 e. The first-order valence-corrected chi connectivity index (χ1v) is 11.3. The Bertz CT molecular complexity index is 947. The van der Waals surface area contributed by atoms with E-state index >= 15 is 0 Å². The summed E-state index contributed by atoms with van der Waals surface area (Å²) in [6.45, 7) is 7.74. The molecule has 0 saturated carbocycles. The molecule has 0 unspecified atom stereocenters. The van der Waals surface area contributed by atoms with Gasteiger partial charge in [-0.2, -0.15) is 0 Å². The Morgan fingerprint density at radius 2 is 2.00 bits per heavy atom. The number of benzene rings is 1. The third-order valence-electron chi connectivity index (χ3n) is 4.43. The van der Waals surface area contributed by atoms with Crippen molar-refractivity contribution in [3.8, 4) is 0 Å². The highest BCUT2D eigenvalue weighted by molar-refractivity contribution is 7.99. The van der Waals surface area contributed by atoms with Gasteiger partial charge in [0, 0.05) is 19.6 Å². The van der Waals surface area contributed by atoms with Crippen LogP contribution in [0, 0.1) is 0 Å². The van der Waals surface area contributed by atoms with E-state index in [1.807, 2.05) is 30.2 Å². The number of thioether (sulfide) groups is 1. The minimum atomic E-state index is -3.78. The number of ether oxygens (including phenoxy) is 1. The zero-order chi connectivity index (χ0) is 19.8. The number of hydrogen-bond donors (Lipinski definition) is 1. The van der Waals surface area contributed by atoms with Crippen LogP contribution < -0.4 is 5.14 Å². The highest BCUT2D eigenvalue weighted by atomic mass is 32.2. The molecule has 0 bridgehead atoms. The third kappa shape index (κ3) is 4.45. The number of carbonyl (C=O) groups is 1. The second kappa shape index (κ2) is 7.78. The molecule has 10 heteroatoms. The molecule has 2 aromatic rings. The maximum atomic E-state index is 12.6. The molecule has 148 valence electrons. The number of carbonyl (C=O) groups excluding carboxylic acids is 1. The Balaban J connectivity index is 1.79. The molecule has 3 rings (SSSR count). The van der Waals surface area contributed by atoms with Crippen molar-refractivity contribution in [2.45, 2.75) is 49.6 Å². The summed E-state index contributed by atoms with van der Waals surface area (Å²) in [5.74, 6) is 0.312. The summed E-state index contributed by atoms with van der Waals surface area (Å²) in [6, 6.07) is 4.64. The lowest BCUT2D eigenvalue weighted by Gasteiger charge is -2.35. The van der Waals surface area contributed by atoms with E-state index in [9.17, 15) is 13.2 Å². The highest BCUT2D eigenvalue weighted by Crippen LogP contribution is 2.26. The lowest BCUT2D eigenvalue weighted by molar-refractivity contribution is -0.140. The van der Waals surface area contributed by atoms with E-state index in [2.05, 4.69) is 4.98 Å². The van der Waals surface area contributed by atoms with Gasteiger partial charge in [0.05, 0.1) is 33.9 Å². The van der Waals surface area contributed by atoms with Crippen molar-refractivity contribution in [2.24, 2.45) is 5.14 Å². The lowest BCUT2D eigenvalue weighted by Crippen LogP contribution is -2.48. The summed E-state index contributed by atoms with van der Waals surface area (Å²) in [6.07, 6.45) is 0.0547. The number of primary sulfonamides is 1. The fourth-order valence-electron chi connectivity index (χ4n) is 3.28. The number of nitrogens with two attached hydrogens (primary N) is 1. The van der Waals surface area contributed by atoms with Crippen LogP contribution in [0.4, 0.5) is 0 Å². The molecule has 2 heterocycles.